The van der Waals surface area contributed by atoms with Crippen molar-refractivity contribution in [2.45, 2.75) is 32.4 Å². The molecule has 0 spiro atoms. The normalized spacial score (nSPS) is 11.9. The van der Waals surface area contributed by atoms with Crippen LogP contribution in [0.4, 0.5) is 13.2 Å². The van der Waals surface area contributed by atoms with E-state index in [-0.39, 0.29) is 5.58 Å². The zero-order valence-corrected chi connectivity index (χ0v) is 17.3. The summed E-state index contributed by atoms with van der Waals surface area (Å²) in [6.45, 7) is 5.50. The fourth-order valence-electron chi connectivity index (χ4n) is 3.37. The van der Waals surface area contributed by atoms with Gasteiger partial charge >= 0.3 is 6.18 Å². The van der Waals surface area contributed by atoms with Gasteiger partial charge < -0.3 is 4.42 Å². The number of nitrogens with zero attached hydrogens (tertiary/aromatic N) is 1. The topological polar surface area (TPSA) is 26.0 Å². The van der Waals surface area contributed by atoms with Gasteiger partial charge in [-0.2, -0.15) is 13.2 Å². The molecule has 0 bridgehead atoms. The Morgan fingerprint density at radius 2 is 1.45 bits per heavy atom. The Morgan fingerprint density at radius 3 is 2.03 bits per heavy atom. The van der Waals surface area contributed by atoms with Crippen molar-refractivity contribution in [2.75, 3.05) is 0 Å². The Hall–Kier alpha value is -3.52. The minimum atomic E-state index is -4.58. The van der Waals surface area contributed by atoms with Gasteiger partial charge in [-0.25, -0.2) is 4.98 Å². The van der Waals surface area contributed by atoms with Crippen LogP contribution in [0.25, 0.3) is 22.3 Å². The second-order valence-electron chi connectivity index (χ2n) is 8.27. The Kier molecular flexibility index (Phi) is 5.10. The Labute approximate surface area is 178 Å². The van der Waals surface area contributed by atoms with Crippen molar-refractivity contribution >= 4 is 11.0 Å². The molecule has 0 amide bonds. The predicted molar refractivity (Wildman–Crippen MR) is 116 cm³/mol. The molecule has 0 aliphatic carbocycles. The first-order valence-electron chi connectivity index (χ1n) is 9.82. The molecule has 2 heterocycles. The van der Waals surface area contributed by atoms with E-state index in [9.17, 15) is 13.2 Å². The largest absolute Gasteiger partial charge is 0.455 e. The summed E-state index contributed by atoms with van der Waals surface area (Å²) in [6.07, 6.45) is -4.58. The maximum absolute atomic E-state index is 13.6. The van der Waals surface area contributed by atoms with Crippen molar-refractivity contribution < 1.29 is 17.6 Å². The first kappa shape index (κ1) is 20.7. The van der Waals surface area contributed by atoms with Gasteiger partial charge in [-0.1, -0.05) is 81.1 Å². The molecule has 0 saturated carbocycles. The minimum Gasteiger partial charge on any atom is -0.455 e. The molecule has 0 N–H and O–H groups in total. The number of benzene rings is 2. The molecule has 2 aromatic heterocycles. The van der Waals surface area contributed by atoms with Crippen molar-refractivity contribution in [3.63, 3.8) is 0 Å². The number of furan rings is 1. The van der Waals surface area contributed by atoms with Crippen LogP contribution in [0.3, 0.4) is 0 Å². The average molecular weight is 419 g/mol. The van der Waals surface area contributed by atoms with Crippen molar-refractivity contribution in [1.29, 1.82) is 0 Å². The third-order valence-electron chi connectivity index (χ3n) is 4.81. The Balaban J connectivity index is 2.08. The summed E-state index contributed by atoms with van der Waals surface area (Å²) in [6, 6.07) is 19.6. The van der Waals surface area contributed by atoms with Crippen molar-refractivity contribution in [2.24, 2.45) is 0 Å². The maximum atomic E-state index is 13.6. The van der Waals surface area contributed by atoms with Crippen LogP contribution in [0, 0.1) is 11.8 Å². The summed E-state index contributed by atoms with van der Waals surface area (Å²) >= 11 is 0. The standard InChI is InChI=1S/C26H20F3NO/c1-25(2,3)24-22-19(15-14-17-10-6-4-7-11-17)23(18-12-8-5-9-13-18)31-20(22)16-21(30-24)26(27,28)29/h4-13,16H,1-3H3. The number of aromatic nitrogens is 1. The van der Waals surface area contributed by atoms with E-state index in [4.69, 9.17) is 4.42 Å². The minimum absolute atomic E-state index is 0.128. The van der Waals surface area contributed by atoms with Crippen LogP contribution in [-0.4, -0.2) is 4.98 Å². The molecule has 0 atom stereocenters. The lowest BCUT2D eigenvalue weighted by atomic mass is 9.87. The van der Waals surface area contributed by atoms with Crippen molar-refractivity contribution in [3.05, 3.63) is 89.2 Å². The number of rotatable bonds is 1. The lowest BCUT2D eigenvalue weighted by Gasteiger charge is -2.20. The SMILES string of the molecule is CC(C)(C)c1nc(C(F)(F)F)cc2oc(-c3ccccc3)c(C#Cc3ccccc3)c12. The molecule has 0 fully saturated rings. The fourth-order valence-corrected chi connectivity index (χ4v) is 3.37. The molecule has 2 nitrogen and oxygen atoms in total. The van der Waals surface area contributed by atoms with Gasteiger partial charge in [0.1, 0.15) is 11.3 Å². The van der Waals surface area contributed by atoms with Gasteiger partial charge in [0.15, 0.2) is 5.76 Å². The monoisotopic (exact) mass is 419 g/mol. The summed E-state index contributed by atoms with van der Waals surface area (Å²) in [4.78, 5) is 4.01. The average Bonchev–Trinajstić information content (AvgIpc) is 3.10. The zero-order chi connectivity index (χ0) is 22.2. The van der Waals surface area contributed by atoms with Crippen LogP contribution in [0.15, 0.2) is 71.1 Å². The second-order valence-corrected chi connectivity index (χ2v) is 8.27. The van der Waals surface area contributed by atoms with E-state index in [1.807, 2.05) is 81.4 Å². The maximum Gasteiger partial charge on any atom is 0.433 e. The van der Waals surface area contributed by atoms with Crippen LogP contribution in [-0.2, 0) is 11.6 Å². The van der Waals surface area contributed by atoms with Gasteiger partial charge in [-0.3, -0.25) is 0 Å². The van der Waals surface area contributed by atoms with Crippen molar-refractivity contribution in [1.82, 2.24) is 4.98 Å². The van der Waals surface area contributed by atoms with Crippen LogP contribution in [0.1, 0.15) is 43.3 Å². The molecule has 4 rings (SSSR count). The molecule has 31 heavy (non-hydrogen) atoms. The second kappa shape index (κ2) is 7.63. The van der Waals surface area contributed by atoms with E-state index in [0.29, 0.717) is 22.4 Å². The molecule has 0 radical (unpaired) electrons. The molecule has 0 aliphatic rings. The van der Waals surface area contributed by atoms with Crippen LogP contribution >= 0.6 is 0 Å². The van der Waals surface area contributed by atoms with E-state index in [0.717, 1.165) is 17.2 Å². The number of hydrogen-bond acceptors (Lipinski definition) is 2. The van der Waals surface area contributed by atoms with E-state index >= 15 is 0 Å². The summed E-state index contributed by atoms with van der Waals surface area (Å²) < 4.78 is 46.7. The number of fused-ring (bicyclic) bond motifs is 1. The highest BCUT2D eigenvalue weighted by Gasteiger charge is 2.36. The summed E-state index contributed by atoms with van der Waals surface area (Å²) in [5, 5.41) is 0.516. The smallest absolute Gasteiger partial charge is 0.433 e. The van der Waals surface area contributed by atoms with Gasteiger partial charge in [0.25, 0.3) is 0 Å². The Morgan fingerprint density at radius 1 is 0.839 bits per heavy atom. The van der Waals surface area contributed by atoms with E-state index in [1.54, 1.807) is 0 Å². The molecule has 4 aromatic rings. The molecular formula is C26H20F3NO. The molecule has 0 saturated heterocycles. The van der Waals surface area contributed by atoms with Gasteiger partial charge in [-0.05, 0) is 12.1 Å². The fraction of sp³-hybridized carbons (Fsp3) is 0.192. The van der Waals surface area contributed by atoms with Crippen molar-refractivity contribution in [3.8, 4) is 23.2 Å². The molecule has 0 unspecified atom stereocenters. The third-order valence-corrected chi connectivity index (χ3v) is 4.81. The number of alkyl halides is 3. The summed E-state index contributed by atoms with van der Waals surface area (Å²) in [5.74, 6) is 6.71. The van der Waals surface area contributed by atoms with Gasteiger partial charge in [0.2, 0.25) is 0 Å². The molecule has 0 aliphatic heterocycles. The molecule has 5 heteroatoms. The van der Waals surface area contributed by atoms with E-state index in [2.05, 4.69) is 16.8 Å². The first-order chi connectivity index (χ1) is 14.6. The first-order valence-corrected chi connectivity index (χ1v) is 9.82. The van der Waals surface area contributed by atoms with Crippen LogP contribution in [0.2, 0.25) is 0 Å². The summed E-state index contributed by atoms with van der Waals surface area (Å²) in [7, 11) is 0. The van der Waals surface area contributed by atoms with Gasteiger partial charge in [-0.15, -0.1) is 0 Å². The van der Waals surface area contributed by atoms with Crippen LogP contribution < -0.4 is 0 Å². The molecular weight excluding hydrogens is 399 g/mol. The zero-order valence-electron chi connectivity index (χ0n) is 17.3. The van der Waals surface area contributed by atoms with Gasteiger partial charge in [0, 0.05) is 22.6 Å². The third kappa shape index (κ3) is 4.20. The predicted octanol–water partition coefficient (Wildman–Crippen LogP) is 7.21. The molecule has 2 aromatic carbocycles. The lowest BCUT2D eigenvalue weighted by Crippen LogP contribution is -2.18. The van der Waals surface area contributed by atoms with E-state index < -0.39 is 17.3 Å². The number of hydrogen-bond donors (Lipinski definition) is 0. The highest BCUT2D eigenvalue weighted by atomic mass is 19.4. The summed E-state index contributed by atoms with van der Waals surface area (Å²) in [5.41, 5.74) is 0.888. The highest BCUT2D eigenvalue weighted by molar-refractivity contribution is 5.94. The molecule has 156 valence electrons. The number of pyridine rings is 1. The lowest BCUT2D eigenvalue weighted by molar-refractivity contribution is -0.141. The van der Waals surface area contributed by atoms with Gasteiger partial charge in [0.05, 0.1) is 16.6 Å². The van der Waals surface area contributed by atoms with Crippen LogP contribution in [0.5, 0.6) is 0 Å². The Bertz CT molecular complexity index is 1290. The highest BCUT2D eigenvalue weighted by Crippen LogP contribution is 2.41. The number of halogens is 3. The van der Waals surface area contributed by atoms with E-state index in [1.165, 1.54) is 0 Å². The quantitative estimate of drug-likeness (QED) is 0.305.